The Balaban J connectivity index is 1.01. The quantitative estimate of drug-likeness (QED) is 0.129. The van der Waals surface area contributed by atoms with Gasteiger partial charge < -0.3 is 49.9 Å². The number of aliphatic hydroxyl groups excluding tert-OH is 1. The van der Waals surface area contributed by atoms with Crippen molar-refractivity contribution < 1.29 is 33.8 Å². The van der Waals surface area contributed by atoms with Crippen LogP contribution in [0.3, 0.4) is 0 Å². The third-order valence-corrected chi connectivity index (χ3v) is 12.1. The van der Waals surface area contributed by atoms with Gasteiger partial charge in [-0.05, 0) is 80.2 Å². The number of benzene rings is 2. The summed E-state index contributed by atoms with van der Waals surface area (Å²) in [6.07, 6.45) is 7.97. The lowest BCUT2D eigenvalue weighted by Gasteiger charge is -2.38. The summed E-state index contributed by atoms with van der Waals surface area (Å²) >= 11 is 0. The van der Waals surface area contributed by atoms with Gasteiger partial charge in [0, 0.05) is 30.8 Å². The van der Waals surface area contributed by atoms with E-state index >= 15 is 0 Å². The van der Waals surface area contributed by atoms with Crippen molar-refractivity contribution >= 4 is 35.2 Å². The fourth-order valence-electron chi connectivity index (χ4n) is 9.08. The number of amides is 4. The Morgan fingerprint density at radius 1 is 0.831 bits per heavy atom. The Morgan fingerprint density at radius 3 is 2.08 bits per heavy atom. The smallest absolute Gasteiger partial charge is 0.407 e. The van der Waals surface area contributed by atoms with Crippen molar-refractivity contribution in [3.63, 3.8) is 0 Å². The largest absolute Gasteiger partial charge is 0.453 e. The molecule has 4 atom stereocenters. The zero-order valence-corrected chi connectivity index (χ0v) is 34.2. The predicted molar refractivity (Wildman–Crippen MR) is 219 cm³/mol. The molecule has 4 amide bonds. The summed E-state index contributed by atoms with van der Waals surface area (Å²) in [7, 11) is 1.29. The van der Waals surface area contributed by atoms with Gasteiger partial charge in [-0.1, -0.05) is 33.8 Å². The van der Waals surface area contributed by atoms with E-state index < -0.39 is 30.7 Å². The molecular weight excluding hydrogens is 755 g/mol. The molecule has 2 fully saturated rings. The van der Waals surface area contributed by atoms with E-state index in [1.54, 1.807) is 16.0 Å². The van der Waals surface area contributed by atoms with Crippen LogP contribution in [0.15, 0.2) is 42.7 Å². The zero-order valence-electron chi connectivity index (χ0n) is 34.2. The molecule has 16 nitrogen and oxygen atoms in total. The van der Waals surface area contributed by atoms with Crippen LogP contribution in [0, 0.1) is 11.8 Å². The first-order valence-electron chi connectivity index (χ1n) is 20.7. The number of anilines is 2. The number of alkyl carbamates (subject to hydrolysis) is 1. The van der Waals surface area contributed by atoms with Crippen LogP contribution >= 0.6 is 0 Å². The maximum atomic E-state index is 13.7. The molecule has 0 spiro atoms. The second kappa shape index (κ2) is 16.4. The predicted octanol–water partition coefficient (Wildman–Crippen LogP) is 5.50. The number of likely N-dealkylation sites (tertiary alicyclic amines) is 2. The van der Waals surface area contributed by atoms with Gasteiger partial charge in [-0.3, -0.25) is 14.4 Å². The van der Waals surface area contributed by atoms with Gasteiger partial charge in [0.2, 0.25) is 17.7 Å². The first kappa shape index (κ1) is 39.9. The van der Waals surface area contributed by atoms with Gasteiger partial charge in [-0.2, -0.15) is 0 Å². The van der Waals surface area contributed by atoms with Crippen LogP contribution in [0.5, 0.6) is 11.5 Å². The standard InChI is InChI=1S/C43H53N9O7/c1-23(2)36(48-35(54)22-53)41(55)51-17-8-11-32(51)40-45-21-29(47-40)26-13-15-33-38-27(26)9-6-16-50(38)30-14-12-25(19-34(30)59-33)28-20-44-39(46-28)31-10-7-18-52(31)42(56)37(24(3)4)49-43(57)58-5/h12-15,19-21,23-24,31-32,36-37,53H,6-11,16-18,22H2,1-5H3,(H,44,46)(H,45,47)(H,48,54)(H,49,57)/t31-,32-,36-,37-/m0/s1. The fraction of sp³-hybridized carbons (Fsp3) is 0.488. The number of aromatic nitrogens is 4. The van der Waals surface area contributed by atoms with Crippen LogP contribution in [0.1, 0.15) is 89.1 Å². The average molecular weight is 808 g/mol. The number of hydrogen-bond acceptors (Lipinski definition) is 10. The normalized spacial score (nSPS) is 19.3. The molecular formula is C43H53N9O7. The minimum atomic E-state index is -0.737. The second-order valence-electron chi connectivity index (χ2n) is 16.5. The van der Waals surface area contributed by atoms with E-state index in [9.17, 15) is 24.3 Å². The van der Waals surface area contributed by atoms with E-state index in [-0.39, 0.29) is 35.7 Å². The molecule has 5 N–H and O–H groups in total. The average Bonchev–Trinajstić information content (AvgIpc) is 4.08. The Kier molecular flexibility index (Phi) is 11.1. The lowest BCUT2D eigenvalue weighted by atomic mass is 9.92. The Labute approximate surface area is 343 Å². The monoisotopic (exact) mass is 807 g/mol. The molecule has 6 heterocycles. The van der Waals surface area contributed by atoms with Crippen LogP contribution in [0.4, 0.5) is 16.2 Å². The molecule has 312 valence electrons. The van der Waals surface area contributed by atoms with Crippen LogP contribution in [0.25, 0.3) is 22.5 Å². The molecule has 16 heteroatoms. The van der Waals surface area contributed by atoms with Crippen molar-refractivity contribution in [1.82, 2.24) is 40.4 Å². The summed E-state index contributed by atoms with van der Waals surface area (Å²) in [4.78, 5) is 73.9. The molecule has 4 aliphatic rings. The molecule has 2 aromatic carbocycles. The molecule has 2 saturated heterocycles. The molecule has 2 aromatic heterocycles. The summed E-state index contributed by atoms with van der Waals surface area (Å²) in [5, 5.41) is 14.7. The number of imidazole rings is 2. The number of aromatic amines is 2. The highest BCUT2D eigenvalue weighted by molar-refractivity contribution is 5.90. The number of hydrogen-bond donors (Lipinski definition) is 5. The van der Waals surface area contributed by atoms with E-state index in [4.69, 9.17) is 19.4 Å². The van der Waals surface area contributed by atoms with Crippen molar-refractivity contribution in [2.45, 2.75) is 90.4 Å². The SMILES string of the molecule is COC(=O)N[C@H](C(=O)N1CCC[C@H]1c1ncc(-c2ccc3c(c2)Oc2ccc(-c4cnc([C@@H]5CCCN5C(=O)[C@@H](NC(=O)CO)C(C)C)[nH]4)c4c2N3CCC4)[nH]1)C(C)C. The number of rotatable bonds is 11. The summed E-state index contributed by atoms with van der Waals surface area (Å²) in [5.74, 6) is 1.75. The third kappa shape index (κ3) is 7.49. The molecule has 59 heavy (non-hydrogen) atoms. The summed E-state index contributed by atoms with van der Waals surface area (Å²) < 4.78 is 11.4. The molecule has 4 aromatic rings. The van der Waals surface area contributed by atoms with Gasteiger partial charge in [0.25, 0.3) is 0 Å². The minimum Gasteiger partial charge on any atom is -0.453 e. The number of aliphatic hydroxyl groups is 1. The molecule has 0 saturated carbocycles. The topological polar surface area (TPSA) is 198 Å². The van der Waals surface area contributed by atoms with Gasteiger partial charge in [0.1, 0.15) is 30.3 Å². The fourth-order valence-corrected chi connectivity index (χ4v) is 9.08. The van der Waals surface area contributed by atoms with Gasteiger partial charge in [0.15, 0.2) is 11.5 Å². The highest BCUT2D eigenvalue weighted by Crippen LogP contribution is 2.53. The highest BCUT2D eigenvalue weighted by Gasteiger charge is 2.39. The van der Waals surface area contributed by atoms with Crippen molar-refractivity contribution in [1.29, 1.82) is 0 Å². The van der Waals surface area contributed by atoms with Crippen LogP contribution in [0.2, 0.25) is 0 Å². The number of H-pyrrole nitrogens is 2. The van der Waals surface area contributed by atoms with Crippen LogP contribution in [-0.4, -0.2) is 104 Å². The lowest BCUT2D eigenvalue weighted by Crippen LogP contribution is -2.51. The molecule has 8 rings (SSSR count). The lowest BCUT2D eigenvalue weighted by molar-refractivity contribution is -0.139. The first-order valence-corrected chi connectivity index (χ1v) is 20.7. The van der Waals surface area contributed by atoms with E-state index in [1.807, 2.05) is 46.0 Å². The van der Waals surface area contributed by atoms with Crippen molar-refractivity contribution in [2.75, 3.05) is 38.3 Å². The summed E-state index contributed by atoms with van der Waals surface area (Å²) in [5.41, 5.74) is 6.80. The summed E-state index contributed by atoms with van der Waals surface area (Å²) in [6, 6.07) is 8.30. The highest BCUT2D eigenvalue weighted by atomic mass is 16.5. The number of ether oxygens (including phenoxy) is 2. The van der Waals surface area contributed by atoms with E-state index in [0.717, 1.165) is 90.5 Å². The van der Waals surface area contributed by atoms with Crippen molar-refractivity contribution in [3.8, 4) is 34.0 Å². The Hall–Kier alpha value is -5.90. The van der Waals surface area contributed by atoms with Gasteiger partial charge in [-0.25, -0.2) is 14.8 Å². The summed E-state index contributed by atoms with van der Waals surface area (Å²) in [6.45, 7) is 8.86. The van der Waals surface area contributed by atoms with Gasteiger partial charge in [-0.15, -0.1) is 0 Å². The maximum absolute atomic E-state index is 13.7. The van der Waals surface area contributed by atoms with E-state index in [2.05, 4.69) is 43.7 Å². The van der Waals surface area contributed by atoms with Gasteiger partial charge in [0.05, 0.1) is 54.3 Å². The number of nitrogens with one attached hydrogen (secondary N) is 4. The van der Waals surface area contributed by atoms with Crippen molar-refractivity contribution in [2.24, 2.45) is 11.8 Å². The first-order chi connectivity index (χ1) is 28.5. The maximum Gasteiger partial charge on any atom is 0.407 e. The third-order valence-electron chi connectivity index (χ3n) is 12.1. The van der Waals surface area contributed by atoms with Gasteiger partial charge >= 0.3 is 6.09 Å². The number of nitrogens with zero attached hydrogens (tertiary/aromatic N) is 5. The van der Waals surface area contributed by atoms with Crippen LogP contribution < -0.4 is 20.3 Å². The van der Waals surface area contributed by atoms with E-state index in [0.29, 0.717) is 24.7 Å². The van der Waals surface area contributed by atoms with E-state index in [1.165, 1.54) is 12.7 Å². The number of carbonyl (C=O) groups is 4. The number of methoxy groups -OCH3 is 1. The number of fused-ring (bicyclic) bond motifs is 2. The second-order valence-corrected chi connectivity index (χ2v) is 16.5. The minimum absolute atomic E-state index is 0.122. The Morgan fingerprint density at radius 2 is 1.46 bits per heavy atom. The molecule has 0 bridgehead atoms. The molecule has 0 aliphatic carbocycles. The molecule has 0 radical (unpaired) electrons. The number of carbonyl (C=O) groups excluding carboxylic acids is 4. The van der Waals surface area contributed by atoms with Crippen LogP contribution in [-0.2, 0) is 25.5 Å². The molecule has 4 aliphatic heterocycles. The molecule has 0 unspecified atom stereocenters. The van der Waals surface area contributed by atoms with Crippen molar-refractivity contribution in [3.05, 3.63) is 59.9 Å². The zero-order chi connectivity index (χ0) is 41.5. The Bertz CT molecular complexity index is 2250.